The molecule has 1 saturated carbocycles. The van der Waals surface area contributed by atoms with E-state index in [1.165, 1.54) is 4.90 Å². The molecule has 0 aromatic carbocycles. The van der Waals surface area contributed by atoms with E-state index in [1.807, 2.05) is 12.1 Å². The maximum absolute atomic E-state index is 14.7. The highest BCUT2D eigenvalue weighted by atomic mass is 19.1. The van der Waals surface area contributed by atoms with E-state index in [0.29, 0.717) is 24.7 Å². The average Bonchev–Trinajstić information content (AvgIpc) is 3.41. The van der Waals surface area contributed by atoms with E-state index in [2.05, 4.69) is 25.6 Å². The van der Waals surface area contributed by atoms with Crippen LogP contribution in [-0.4, -0.2) is 66.3 Å². The van der Waals surface area contributed by atoms with Crippen LogP contribution in [0, 0.1) is 0 Å². The molecule has 1 fully saturated rings. The lowest BCUT2D eigenvalue weighted by Gasteiger charge is -2.31. The summed E-state index contributed by atoms with van der Waals surface area (Å²) in [6.07, 6.45) is 1.73. The van der Waals surface area contributed by atoms with Crippen molar-refractivity contribution in [3.63, 3.8) is 0 Å². The van der Waals surface area contributed by atoms with Gasteiger partial charge in [-0.1, -0.05) is 0 Å². The molecule has 10 nitrogen and oxygen atoms in total. The zero-order valence-electron chi connectivity index (χ0n) is 17.6. The minimum atomic E-state index is -1.22. The van der Waals surface area contributed by atoms with Gasteiger partial charge in [0.1, 0.15) is 11.7 Å². The van der Waals surface area contributed by atoms with Crippen LogP contribution in [0.3, 0.4) is 0 Å². The second kappa shape index (κ2) is 8.50. The molecule has 3 atom stereocenters. The van der Waals surface area contributed by atoms with Crippen molar-refractivity contribution in [2.24, 2.45) is 0 Å². The Hall–Kier alpha value is -3.21. The van der Waals surface area contributed by atoms with Crippen LogP contribution in [0.4, 0.5) is 20.8 Å². The molecule has 3 aromatic heterocycles. The van der Waals surface area contributed by atoms with Crippen molar-refractivity contribution in [3.8, 4) is 0 Å². The molecule has 1 aliphatic rings. The molecule has 0 spiro atoms. The third-order valence-corrected chi connectivity index (χ3v) is 5.60. The number of fused-ring (bicyclic) bond motifs is 1. The fourth-order valence-corrected chi connectivity index (χ4v) is 4.27. The highest BCUT2D eigenvalue weighted by Gasteiger charge is 2.42. The number of aromatic nitrogens is 5. The number of H-pyrrole nitrogens is 1. The molecule has 0 bridgehead atoms. The highest BCUT2D eigenvalue weighted by Crippen LogP contribution is 2.39. The molecule has 3 heterocycles. The van der Waals surface area contributed by atoms with Crippen molar-refractivity contribution in [1.29, 1.82) is 0 Å². The monoisotopic (exact) mass is 431 g/mol. The molecule has 1 aliphatic carbocycles. The smallest absolute Gasteiger partial charge is 0.407 e. The van der Waals surface area contributed by atoms with Gasteiger partial charge >= 0.3 is 6.09 Å². The van der Waals surface area contributed by atoms with Crippen LogP contribution in [-0.2, 0) is 11.3 Å². The second-order valence-corrected chi connectivity index (χ2v) is 8.04. The number of ether oxygens (including phenoxy) is 1. The molecule has 0 unspecified atom stereocenters. The fourth-order valence-electron chi connectivity index (χ4n) is 4.27. The molecule has 31 heavy (non-hydrogen) atoms. The van der Waals surface area contributed by atoms with E-state index in [-0.39, 0.29) is 18.4 Å². The van der Waals surface area contributed by atoms with E-state index in [0.717, 1.165) is 16.9 Å². The third-order valence-electron chi connectivity index (χ3n) is 5.60. The molecule has 0 radical (unpaired) electrons. The normalized spacial score (nSPS) is 21.1. The summed E-state index contributed by atoms with van der Waals surface area (Å²) in [5.74, 6) is 0.985. The van der Waals surface area contributed by atoms with Gasteiger partial charge in [0.15, 0.2) is 11.6 Å². The van der Waals surface area contributed by atoms with Gasteiger partial charge in [0.25, 0.3) is 0 Å². The van der Waals surface area contributed by atoms with Crippen LogP contribution in [0.15, 0.2) is 24.5 Å². The van der Waals surface area contributed by atoms with Crippen LogP contribution in [0.5, 0.6) is 0 Å². The number of alkyl halides is 1. The standard InChI is InChI=1S/C20H26FN7O3/c1-11(2)28(20(29)30)16-7-12(6-14(16)21)15-9-18(25-24-15)23-19-17-8-13(10-31-3)26-27(17)5-4-22-19/h4-5,8-9,11-12,14,16H,6-7,10H2,1-3H3,(H,29,30)(H2,22,23,24,25)/t12-,14+,16-/m0/s1. The summed E-state index contributed by atoms with van der Waals surface area (Å²) in [7, 11) is 1.61. The Balaban J connectivity index is 1.50. The molecule has 11 heteroatoms. The average molecular weight is 431 g/mol. The number of carboxylic acid groups (broad SMARTS) is 1. The van der Waals surface area contributed by atoms with E-state index in [4.69, 9.17) is 4.74 Å². The molecule has 3 N–H and O–H groups in total. The second-order valence-electron chi connectivity index (χ2n) is 8.04. The maximum Gasteiger partial charge on any atom is 0.407 e. The molecule has 0 aliphatic heterocycles. The number of nitrogens with one attached hydrogen (secondary N) is 2. The fraction of sp³-hybridized carbons (Fsp3) is 0.500. The third kappa shape index (κ3) is 4.18. The van der Waals surface area contributed by atoms with Gasteiger partial charge in [-0.25, -0.2) is 18.7 Å². The van der Waals surface area contributed by atoms with Gasteiger partial charge in [-0.15, -0.1) is 0 Å². The van der Waals surface area contributed by atoms with E-state index >= 15 is 0 Å². The van der Waals surface area contributed by atoms with E-state index in [9.17, 15) is 14.3 Å². The first-order valence-corrected chi connectivity index (χ1v) is 10.2. The summed E-state index contributed by atoms with van der Waals surface area (Å²) >= 11 is 0. The van der Waals surface area contributed by atoms with Crippen molar-refractivity contribution in [2.75, 3.05) is 12.4 Å². The van der Waals surface area contributed by atoms with Gasteiger partial charge in [-0.2, -0.15) is 10.2 Å². The molecule has 166 valence electrons. The highest BCUT2D eigenvalue weighted by molar-refractivity contribution is 5.72. The largest absolute Gasteiger partial charge is 0.465 e. The van der Waals surface area contributed by atoms with Crippen molar-refractivity contribution in [3.05, 3.63) is 35.9 Å². The number of aromatic amines is 1. The maximum atomic E-state index is 14.7. The summed E-state index contributed by atoms with van der Waals surface area (Å²) in [4.78, 5) is 17.2. The SMILES string of the molecule is COCc1cc2c(Nc3cc([C@H]4C[C@@H](F)[C@@H](N(C(=O)O)C(C)C)C4)[nH]n3)nccn2n1. The van der Waals surface area contributed by atoms with Crippen LogP contribution in [0.25, 0.3) is 5.52 Å². The first kappa shape index (κ1) is 21.0. The summed E-state index contributed by atoms with van der Waals surface area (Å²) < 4.78 is 21.5. The number of hydrogen-bond donors (Lipinski definition) is 3. The van der Waals surface area contributed by atoms with Crippen LogP contribution < -0.4 is 5.32 Å². The van der Waals surface area contributed by atoms with Crippen LogP contribution >= 0.6 is 0 Å². The number of hydrogen-bond acceptors (Lipinski definition) is 6. The number of nitrogens with zero attached hydrogens (tertiary/aromatic N) is 5. The lowest BCUT2D eigenvalue weighted by Crippen LogP contribution is -2.46. The quantitative estimate of drug-likeness (QED) is 0.525. The first-order valence-electron chi connectivity index (χ1n) is 10.2. The topological polar surface area (TPSA) is 121 Å². The lowest BCUT2D eigenvalue weighted by atomic mass is 10.0. The summed E-state index contributed by atoms with van der Waals surface area (Å²) in [5, 5.41) is 24.3. The van der Waals surface area contributed by atoms with Gasteiger partial charge in [-0.3, -0.25) is 5.10 Å². The van der Waals surface area contributed by atoms with Crippen molar-refractivity contribution in [2.45, 2.75) is 57.5 Å². The predicted molar refractivity (Wildman–Crippen MR) is 111 cm³/mol. The number of rotatable bonds is 7. The summed E-state index contributed by atoms with van der Waals surface area (Å²) in [6.45, 7) is 3.91. The number of halogens is 1. The van der Waals surface area contributed by atoms with E-state index in [1.54, 1.807) is 37.9 Å². The lowest BCUT2D eigenvalue weighted by molar-refractivity contribution is 0.0831. The van der Waals surface area contributed by atoms with E-state index < -0.39 is 18.3 Å². The van der Waals surface area contributed by atoms with Gasteiger partial charge in [0.2, 0.25) is 0 Å². The van der Waals surface area contributed by atoms with Crippen LogP contribution in [0.2, 0.25) is 0 Å². The van der Waals surface area contributed by atoms with Gasteiger partial charge in [0.05, 0.1) is 18.3 Å². The molecule has 3 aromatic rings. The number of anilines is 2. The molecular weight excluding hydrogens is 405 g/mol. The number of amides is 1. The molecule has 0 saturated heterocycles. The Morgan fingerprint density at radius 2 is 2.26 bits per heavy atom. The Labute approximate surface area is 178 Å². The molecule has 1 amide bonds. The minimum absolute atomic E-state index is 0.143. The van der Waals surface area contributed by atoms with Gasteiger partial charge in [0, 0.05) is 43.2 Å². The van der Waals surface area contributed by atoms with Crippen molar-refractivity contribution in [1.82, 2.24) is 29.7 Å². The minimum Gasteiger partial charge on any atom is -0.465 e. The zero-order chi connectivity index (χ0) is 22.1. The Kier molecular flexibility index (Phi) is 5.77. The predicted octanol–water partition coefficient (Wildman–Crippen LogP) is 3.31. The number of methoxy groups -OCH3 is 1. The van der Waals surface area contributed by atoms with Crippen molar-refractivity contribution >= 4 is 23.2 Å². The Morgan fingerprint density at radius 3 is 2.97 bits per heavy atom. The van der Waals surface area contributed by atoms with Crippen LogP contribution in [0.1, 0.15) is 44.0 Å². The molecular formula is C20H26FN7O3. The van der Waals surface area contributed by atoms with Gasteiger partial charge in [-0.05, 0) is 32.8 Å². The number of carbonyl (C=O) groups is 1. The van der Waals surface area contributed by atoms with Crippen molar-refractivity contribution < 1.29 is 19.0 Å². The Morgan fingerprint density at radius 1 is 1.45 bits per heavy atom. The van der Waals surface area contributed by atoms with Gasteiger partial charge < -0.3 is 20.1 Å². The summed E-state index contributed by atoms with van der Waals surface area (Å²) in [6, 6.07) is 2.75. The Bertz CT molecular complexity index is 1070. The molecule has 4 rings (SSSR count). The zero-order valence-corrected chi connectivity index (χ0v) is 17.6. The first-order chi connectivity index (χ1) is 14.9. The summed E-state index contributed by atoms with van der Waals surface area (Å²) in [5.41, 5.74) is 2.32.